The predicted molar refractivity (Wildman–Crippen MR) is 99.2 cm³/mol. The van der Waals surface area contributed by atoms with Crippen LogP contribution in [-0.2, 0) is 9.59 Å². The number of hydrogen-bond donors (Lipinski definition) is 0. The molecule has 1 fully saturated rings. The Morgan fingerprint density at radius 3 is 2.46 bits per heavy atom. The van der Waals surface area contributed by atoms with Gasteiger partial charge in [0.15, 0.2) is 0 Å². The van der Waals surface area contributed by atoms with Gasteiger partial charge in [-0.3, -0.25) is 9.69 Å². The van der Waals surface area contributed by atoms with Crippen LogP contribution >= 0.6 is 24.0 Å². The number of benzene rings is 1. The van der Waals surface area contributed by atoms with E-state index in [0.29, 0.717) is 23.7 Å². The lowest BCUT2D eigenvalue weighted by Crippen LogP contribution is -2.49. The number of nitrogens with zero attached hydrogens (tertiary/aromatic N) is 1. The van der Waals surface area contributed by atoms with E-state index in [2.05, 4.69) is 13.8 Å². The molecule has 2 rings (SSSR count). The second-order valence-electron chi connectivity index (χ2n) is 6.00. The van der Waals surface area contributed by atoms with Crippen LogP contribution in [0.5, 0.6) is 0 Å². The lowest BCUT2D eigenvalue weighted by atomic mass is 10.0. The fourth-order valence-electron chi connectivity index (χ4n) is 2.50. The third-order valence-corrected chi connectivity index (χ3v) is 5.20. The zero-order valence-corrected chi connectivity index (χ0v) is 15.6. The number of thioether (sulfide) groups is 1. The van der Waals surface area contributed by atoms with E-state index in [-0.39, 0.29) is 10.2 Å². The van der Waals surface area contributed by atoms with Crippen molar-refractivity contribution >= 4 is 46.3 Å². The van der Waals surface area contributed by atoms with E-state index in [4.69, 9.17) is 12.2 Å². The number of carbonyl (C=O) groups is 2. The Morgan fingerprint density at radius 1 is 1.33 bits per heavy atom. The number of thiocarbonyl (C=S) groups is 1. The van der Waals surface area contributed by atoms with Gasteiger partial charge in [-0.2, -0.15) is 0 Å². The molecule has 1 heterocycles. The van der Waals surface area contributed by atoms with E-state index in [1.54, 1.807) is 6.08 Å². The van der Waals surface area contributed by atoms with E-state index < -0.39 is 12.0 Å². The third-order valence-electron chi connectivity index (χ3n) is 3.87. The van der Waals surface area contributed by atoms with Crippen molar-refractivity contribution in [1.82, 2.24) is 4.90 Å². The maximum absolute atomic E-state index is 12.6. The van der Waals surface area contributed by atoms with E-state index in [9.17, 15) is 14.7 Å². The molecule has 128 valence electrons. The van der Waals surface area contributed by atoms with Crippen molar-refractivity contribution < 1.29 is 14.7 Å². The minimum Gasteiger partial charge on any atom is -0.548 e. The SMILES string of the molecule is CCC[C@H](C(=O)[O-])N1C(=O)/C(=C/c2ccc(C(C)C)cc2)SC1=S. The molecule has 1 aliphatic rings. The van der Waals surface area contributed by atoms with Crippen LogP contribution in [0.4, 0.5) is 0 Å². The molecule has 0 spiro atoms. The molecule has 4 nitrogen and oxygen atoms in total. The minimum atomic E-state index is -1.27. The van der Waals surface area contributed by atoms with Crippen molar-refractivity contribution in [2.24, 2.45) is 0 Å². The zero-order valence-electron chi connectivity index (χ0n) is 13.9. The molecule has 6 heteroatoms. The number of carboxylic acid groups (broad SMARTS) is 1. The standard InChI is InChI=1S/C18H21NO3S2/c1-4-5-14(17(21)22)19-16(20)15(24-18(19)23)10-12-6-8-13(9-7-12)11(2)3/h6-11,14H,4-5H2,1-3H3,(H,21,22)/p-1/b15-10-/t14-/m1/s1. The monoisotopic (exact) mass is 362 g/mol. The van der Waals surface area contributed by atoms with Gasteiger partial charge in [-0.15, -0.1) is 0 Å². The van der Waals surface area contributed by atoms with Crippen molar-refractivity contribution in [2.75, 3.05) is 0 Å². The average Bonchev–Trinajstić information content (AvgIpc) is 2.79. The van der Waals surface area contributed by atoms with Gasteiger partial charge in [-0.05, 0) is 29.5 Å². The maximum Gasteiger partial charge on any atom is 0.266 e. The summed E-state index contributed by atoms with van der Waals surface area (Å²) in [7, 11) is 0. The molecule has 1 atom stereocenters. The van der Waals surface area contributed by atoms with Gasteiger partial charge in [0.25, 0.3) is 5.91 Å². The fourth-order valence-corrected chi connectivity index (χ4v) is 3.86. The number of carboxylic acids is 1. The van der Waals surface area contributed by atoms with Crippen LogP contribution in [0.3, 0.4) is 0 Å². The van der Waals surface area contributed by atoms with Crippen LogP contribution in [0.2, 0.25) is 0 Å². The van der Waals surface area contributed by atoms with Gasteiger partial charge in [0.2, 0.25) is 0 Å². The zero-order chi connectivity index (χ0) is 17.9. The summed E-state index contributed by atoms with van der Waals surface area (Å²) in [4.78, 5) is 25.5. The maximum atomic E-state index is 12.6. The molecule has 0 bridgehead atoms. The number of rotatable bonds is 6. The molecule has 0 unspecified atom stereocenters. The Kier molecular flexibility index (Phi) is 6.18. The topological polar surface area (TPSA) is 60.4 Å². The summed E-state index contributed by atoms with van der Waals surface area (Å²) in [5.74, 6) is -1.19. The highest BCUT2D eigenvalue weighted by Gasteiger charge is 2.37. The largest absolute Gasteiger partial charge is 0.548 e. The Hall–Kier alpha value is -1.66. The molecule has 0 radical (unpaired) electrons. The highest BCUT2D eigenvalue weighted by atomic mass is 32.2. The van der Waals surface area contributed by atoms with E-state index in [1.165, 1.54) is 10.5 Å². The van der Waals surface area contributed by atoms with Gasteiger partial charge in [0.05, 0.1) is 16.9 Å². The summed E-state index contributed by atoms with van der Waals surface area (Å²) < 4.78 is 0.271. The second kappa shape index (κ2) is 7.94. The van der Waals surface area contributed by atoms with Gasteiger partial charge in [-0.25, -0.2) is 0 Å². The minimum absolute atomic E-state index is 0.271. The normalized spacial score (nSPS) is 17.8. The van der Waals surface area contributed by atoms with Crippen LogP contribution in [0.1, 0.15) is 50.7 Å². The molecular formula is C18H20NO3S2-. The van der Waals surface area contributed by atoms with Gasteiger partial charge in [0, 0.05) is 0 Å². The third kappa shape index (κ3) is 4.05. The summed E-state index contributed by atoms with van der Waals surface area (Å²) in [6.45, 7) is 6.10. The summed E-state index contributed by atoms with van der Waals surface area (Å²) in [5, 5.41) is 11.3. The van der Waals surface area contributed by atoms with Gasteiger partial charge in [-0.1, -0.05) is 75.4 Å². The van der Waals surface area contributed by atoms with Crippen molar-refractivity contribution in [3.05, 3.63) is 40.3 Å². The van der Waals surface area contributed by atoms with Gasteiger partial charge in [0.1, 0.15) is 4.32 Å². The van der Waals surface area contributed by atoms with Crippen LogP contribution in [0.25, 0.3) is 6.08 Å². The molecule has 1 aromatic rings. The van der Waals surface area contributed by atoms with Crippen molar-refractivity contribution in [3.8, 4) is 0 Å². The first kappa shape index (κ1) is 18.7. The molecule has 0 saturated carbocycles. The first-order valence-corrected chi connectivity index (χ1v) is 9.15. The summed E-state index contributed by atoms with van der Waals surface area (Å²) in [5.41, 5.74) is 2.11. The first-order chi connectivity index (χ1) is 11.3. The quantitative estimate of drug-likeness (QED) is 0.575. The average molecular weight is 362 g/mol. The molecule has 1 saturated heterocycles. The summed E-state index contributed by atoms with van der Waals surface area (Å²) in [6, 6.07) is 6.95. The summed E-state index contributed by atoms with van der Waals surface area (Å²) >= 11 is 6.35. The van der Waals surface area contributed by atoms with E-state index in [1.807, 2.05) is 31.2 Å². The second-order valence-corrected chi connectivity index (χ2v) is 7.67. The van der Waals surface area contributed by atoms with Crippen molar-refractivity contribution in [2.45, 2.75) is 45.6 Å². The Labute approximate surface area is 151 Å². The number of aliphatic carboxylic acids is 1. The lowest BCUT2D eigenvalue weighted by Gasteiger charge is -2.27. The van der Waals surface area contributed by atoms with Crippen molar-refractivity contribution in [1.29, 1.82) is 0 Å². The molecule has 0 aliphatic carbocycles. The van der Waals surface area contributed by atoms with Crippen LogP contribution in [0, 0.1) is 0 Å². The first-order valence-electron chi connectivity index (χ1n) is 7.93. The van der Waals surface area contributed by atoms with Crippen LogP contribution in [0.15, 0.2) is 29.2 Å². The lowest BCUT2D eigenvalue weighted by molar-refractivity contribution is -0.310. The van der Waals surface area contributed by atoms with Crippen LogP contribution in [-0.4, -0.2) is 27.1 Å². The van der Waals surface area contributed by atoms with E-state index >= 15 is 0 Å². The Morgan fingerprint density at radius 2 is 1.96 bits per heavy atom. The highest BCUT2D eigenvalue weighted by molar-refractivity contribution is 8.26. The molecule has 1 aromatic carbocycles. The molecule has 1 aliphatic heterocycles. The van der Waals surface area contributed by atoms with Crippen molar-refractivity contribution in [3.63, 3.8) is 0 Å². The van der Waals surface area contributed by atoms with E-state index in [0.717, 1.165) is 17.3 Å². The molecule has 0 N–H and O–H groups in total. The molecule has 0 aromatic heterocycles. The Balaban J connectivity index is 2.25. The highest BCUT2D eigenvalue weighted by Crippen LogP contribution is 2.34. The molecule has 24 heavy (non-hydrogen) atoms. The number of amides is 1. The Bertz CT molecular complexity index is 680. The fraction of sp³-hybridized carbons (Fsp3) is 0.389. The van der Waals surface area contributed by atoms with Gasteiger partial charge < -0.3 is 9.90 Å². The molecular weight excluding hydrogens is 342 g/mol. The van der Waals surface area contributed by atoms with Gasteiger partial charge >= 0.3 is 0 Å². The van der Waals surface area contributed by atoms with Crippen LogP contribution < -0.4 is 5.11 Å². The predicted octanol–water partition coefficient (Wildman–Crippen LogP) is 2.93. The summed E-state index contributed by atoms with van der Waals surface area (Å²) in [6.07, 6.45) is 2.71. The molecule has 1 amide bonds. The number of carbonyl (C=O) groups excluding carboxylic acids is 2. The number of hydrogen-bond acceptors (Lipinski definition) is 5. The smallest absolute Gasteiger partial charge is 0.266 e.